The van der Waals surface area contributed by atoms with Crippen LogP contribution in [0.3, 0.4) is 0 Å². The van der Waals surface area contributed by atoms with Crippen molar-refractivity contribution in [1.29, 1.82) is 0 Å². The maximum Gasteiger partial charge on any atom is 0.234 e. The zero-order valence-corrected chi connectivity index (χ0v) is 14.3. The van der Waals surface area contributed by atoms with Gasteiger partial charge in [-0.1, -0.05) is 30.4 Å². The fourth-order valence-corrected chi connectivity index (χ4v) is 4.30. The summed E-state index contributed by atoms with van der Waals surface area (Å²) in [6.07, 6.45) is 2.98. The molecule has 2 fully saturated rings. The lowest BCUT2D eigenvalue weighted by atomic mass is 9.77. The number of rotatable bonds is 4. The summed E-state index contributed by atoms with van der Waals surface area (Å²) in [6, 6.07) is 16.6. The monoisotopic (exact) mass is 362 g/mol. The second kappa shape index (κ2) is 5.69. The van der Waals surface area contributed by atoms with Gasteiger partial charge in [-0.3, -0.25) is 4.79 Å². The van der Waals surface area contributed by atoms with Gasteiger partial charge in [0.25, 0.3) is 0 Å². The van der Waals surface area contributed by atoms with Crippen molar-refractivity contribution in [1.82, 2.24) is 0 Å². The lowest BCUT2D eigenvalue weighted by Crippen LogP contribution is -2.45. The van der Waals surface area contributed by atoms with Gasteiger partial charge in [-0.25, -0.2) is 0 Å². The molecule has 5 rings (SSSR count). The number of para-hydroxylation sites is 1. The topological polar surface area (TPSA) is 78.9 Å². The average molecular weight is 362 g/mol. The van der Waals surface area contributed by atoms with Crippen molar-refractivity contribution in [3.05, 3.63) is 66.7 Å². The van der Waals surface area contributed by atoms with Gasteiger partial charge < -0.3 is 24.3 Å². The Morgan fingerprint density at radius 1 is 1.11 bits per heavy atom. The number of carbonyl (C=O) groups is 2. The molecule has 0 N–H and O–H groups in total. The number of hydrogen-bond donors (Lipinski definition) is 0. The predicted molar refractivity (Wildman–Crippen MR) is 94.0 cm³/mol. The first-order valence-electron chi connectivity index (χ1n) is 8.80. The number of carboxylic acids is 1. The van der Waals surface area contributed by atoms with Crippen LogP contribution in [0.1, 0.15) is 0 Å². The highest BCUT2D eigenvalue weighted by Gasteiger charge is 2.65. The molecule has 4 atom stereocenters. The van der Waals surface area contributed by atoms with Crippen LogP contribution in [0.4, 0.5) is 5.69 Å². The van der Waals surface area contributed by atoms with Gasteiger partial charge in [-0.2, -0.15) is 0 Å². The van der Waals surface area contributed by atoms with Crippen LogP contribution >= 0.6 is 0 Å². The Hall–Kier alpha value is -3.12. The van der Waals surface area contributed by atoms with Crippen LogP contribution < -0.4 is 14.7 Å². The molecule has 27 heavy (non-hydrogen) atoms. The molecule has 6 heteroatoms. The third kappa shape index (κ3) is 2.37. The fourth-order valence-electron chi connectivity index (χ4n) is 4.30. The van der Waals surface area contributed by atoms with E-state index >= 15 is 0 Å². The highest BCUT2D eigenvalue weighted by atomic mass is 16.5. The molecule has 2 saturated heterocycles. The van der Waals surface area contributed by atoms with Gasteiger partial charge in [0.15, 0.2) is 0 Å². The molecular weight excluding hydrogens is 346 g/mol. The number of fused-ring (bicyclic) bond motifs is 1. The van der Waals surface area contributed by atoms with Gasteiger partial charge in [0.05, 0.1) is 18.6 Å². The first-order valence-corrected chi connectivity index (χ1v) is 8.80. The van der Waals surface area contributed by atoms with E-state index in [0.29, 0.717) is 18.0 Å². The second-order valence-corrected chi connectivity index (χ2v) is 7.05. The van der Waals surface area contributed by atoms with Crippen LogP contribution in [-0.4, -0.2) is 30.1 Å². The Balaban J connectivity index is 1.39. The predicted octanol–water partition coefficient (Wildman–Crippen LogP) is 1.52. The molecule has 0 aliphatic carbocycles. The van der Waals surface area contributed by atoms with Crippen molar-refractivity contribution in [2.45, 2.75) is 11.7 Å². The quantitative estimate of drug-likeness (QED) is 0.771. The average Bonchev–Trinajstić information content (AvgIpc) is 3.31. The van der Waals surface area contributed by atoms with E-state index in [1.807, 2.05) is 36.4 Å². The highest BCUT2D eigenvalue weighted by molar-refractivity contribution is 6.02. The number of amides is 1. The third-order valence-electron chi connectivity index (χ3n) is 5.50. The summed E-state index contributed by atoms with van der Waals surface area (Å²) in [5.41, 5.74) is -0.187. The van der Waals surface area contributed by atoms with Crippen LogP contribution in [-0.2, 0) is 14.3 Å². The van der Waals surface area contributed by atoms with E-state index in [1.165, 1.54) is 0 Å². The largest absolute Gasteiger partial charge is 0.550 e. The standard InChI is InChI=1S/C21H17NO5/c23-19-18-17(20(24)25)16-10-11-21(18,27-16)12-22(19)13-6-8-15(9-7-13)26-14-4-2-1-3-5-14/h1-11,16-18H,12H2,(H,24,25)/p-1/t16-,17+,18-,21-/m1/s1. The first kappa shape index (κ1) is 16.1. The minimum absolute atomic E-state index is 0.243. The number of aliphatic carboxylic acids is 1. The fraction of sp³-hybridized carbons (Fsp3) is 0.238. The highest BCUT2D eigenvalue weighted by Crippen LogP contribution is 2.52. The minimum atomic E-state index is -1.24. The van der Waals surface area contributed by atoms with Crippen molar-refractivity contribution in [2.75, 3.05) is 11.4 Å². The van der Waals surface area contributed by atoms with E-state index in [1.54, 1.807) is 35.2 Å². The normalized spacial score (nSPS) is 30.6. The molecule has 0 radical (unpaired) electrons. The van der Waals surface area contributed by atoms with E-state index in [-0.39, 0.29) is 5.91 Å². The van der Waals surface area contributed by atoms with Crippen LogP contribution in [0.25, 0.3) is 0 Å². The Kier molecular flexibility index (Phi) is 3.39. The summed E-state index contributed by atoms with van der Waals surface area (Å²) in [6.45, 7) is 0.298. The molecule has 0 unspecified atom stereocenters. The minimum Gasteiger partial charge on any atom is -0.550 e. The van der Waals surface area contributed by atoms with E-state index in [4.69, 9.17) is 9.47 Å². The van der Waals surface area contributed by atoms with Gasteiger partial charge in [0, 0.05) is 17.6 Å². The molecule has 1 amide bonds. The van der Waals surface area contributed by atoms with Crippen molar-refractivity contribution in [2.24, 2.45) is 11.8 Å². The third-order valence-corrected chi connectivity index (χ3v) is 5.50. The molecule has 0 aromatic heterocycles. The maximum absolute atomic E-state index is 13.0. The second-order valence-electron chi connectivity index (χ2n) is 7.05. The van der Waals surface area contributed by atoms with Gasteiger partial charge in [0.2, 0.25) is 5.91 Å². The summed E-state index contributed by atoms with van der Waals surface area (Å²) in [4.78, 5) is 26.1. The van der Waals surface area contributed by atoms with E-state index in [0.717, 1.165) is 5.75 Å². The van der Waals surface area contributed by atoms with Gasteiger partial charge >= 0.3 is 0 Å². The van der Waals surface area contributed by atoms with Crippen molar-refractivity contribution in [3.63, 3.8) is 0 Å². The van der Waals surface area contributed by atoms with Crippen molar-refractivity contribution in [3.8, 4) is 11.5 Å². The molecule has 3 aliphatic heterocycles. The van der Waals surface area contributed by atoms with E-state index in [9.17, 15) is 14.7 Å². The van der Waals surface area contributed by atoms with Crippen molar-refractivity contribution < 1.29 is 24.2 Å². The van der Waals surface area contributed by atoms with Gasteiger partial charge in [0.1, 0.15) is 17.1 Å². The smallest absolute Gasteiger partial charge is 0.234 e. The number of carbonyl (C=O) groups excluding carboxylic acids is 2. The Labute approximate surface area is 155 Å². The molecule has 2 aromatic carbocycles. The molecule has 2 bridgehead atoms. The SMILES string of the molecule is O=C([O-])[C@H]1[C@H]2C=C[C@]3(CN(c4ccc(Oc5ccccc5)cc4)C(=O)[C@@H]13)O2. The van der Waals surface area contributed by atoms with Gasteiger partial charge in [-0.15, -0.1) is 0 Å². The van der Waals surface area contributed by atoms with Crippen molar-refractivity contribution >= 4 is 17.6 Å². The van der Waals surface area contributed by atoms with Crippen LogP contribution in [0.2, 0.25) is 0 Å². The molecule has 1 spiro atoms. The molecule has 3 aliphatic rings. The lowest BCUT2D eigenvalue weighted by Gasteiger charge is -2.24. The van der Waals surface area contributed by atoms with Crippen LogP contribution in [0.15, 0.2) is 66.7 Å². The molecule has 0 saturated carbocycles. The summed E-state index contributed by atoms with van der Waals surface area (Å²) in [5, 5.41) is 11.5. The maximum atomic E-state index is 13.0. The number of carboxylic acid groups (broad SMARTS) is 1. The zero-order chi connectivity index (χ0) is 18.6. The van der Waals surface area contributed by atoms with E-state index < -0.39 is 29.5 Å². The first-order chi connectivity index (χ1) is 13.1. The van der Waals surface area contributed by atoms with Gasteiger partial charge in [-0.05, 0) is 36.4 Å². The molecule has 3 heterocycles. The molecule has 136 valence electrons. The molecule has 2 aromatic rings. The molecule has 6 nitrogen and oxygen atoms in total. The summed E-state index contributed by atoms with van der Waals surface area (Å²) < 4.78 is 11.6. The van der Waals surface area contributed by atoms with Crippen LogP contribution in [0, 0.1) is 11.8 Å². The summed E-state index contributed by atoms with van der Waals surface area (Å²) >= 11 is 0. The zero-order valence-electron chi connectivity index (χ0n) is 14.3. The Morgan fingerprint density at radius 2 is 1.81 bits per heavy atom. The number of benzene rings is 2. The Bertz CT molecular complexity index is 939. The lowest BCUT2D eigenvalue weighted by molar-refractivity contribution is -0.313. The number of hydrogen-bond acceptors (Lipinski definition) is 5. The van der Waals surface area contributed by atoms with Crippen LogP contribution in [0.5, 0.6) is 11.5 Å². The number of nitrogens with zero attached hydrogens (tertiary/aromatic N) is 1. The Morgan fingerprint density at radius 3 is 2.52 bits per heavy atom. The molecular formula is C21H16NO5-. The summed E-state index contributed by atoms with van der Waals surface area (Å²) in [7, 11) is 0. The number of anilines is 1. The van der Waals surface area contributed by atoms with E-state index in [2.05, 4.69) is 0 Å². The number of ether oxygens (including phenoxy) is 2. The summed E-state index contributed by atoms with van der Waals surface area (Å²) in [5.74, 6) is -1.78.